The lowest BCUT2D eigenvalue weighted by Gasteiger charge is -2.43. The van der Waals surface area contributed by atoms with Crippen LogP contribution >= 0.6 is 0 Å². The fourth-order valence-electron chi connectivity index (χ4n) is 2.16. The van der Waals surface area contributed by atoms with Crippen molar-refractivity contribution in [1.29, 1.82) is 0 Å². The van der Waals surface area contributed by atoms with Crippen molar-refractivity contribution in [2.24, 2.45) is 5.92 Å². The van der Waals surface area contributed by atoms with Crippen LogP contribution in [-0.4, -0.2) is 63.7 Å². The van der Waals surface area contributed by atoms with Crippen LogP contribution in [0.25, 0.3) is 0 Å². The topological polar surface area (TPSA) is 18.5 Å². The second kappa shape index (κ2) is 5.69. The molecular weight excluding hydrogens is 174 g/mol. The van der Waals surface area contributed by atoms with Crippen molar-refractivity contribution >= 4 is 0 Å². The Labute approximate surface area is 88.5 Å². The van der Waals surface area contributed by atoms with Crippen molar-refractivity contribution in [3.05, 3.63) is 0 Å². The third kappa shape index (κ3) is 3.23. The number of rotatable bonds is 6. The van der Waals surface area contributed by atoms with E-state index in [1.165, 1.54) is 32.5 Å². The minimum atomic E-state index is 0.822. The predicted octanol–water partition coefficient (Wildman–Crippen LogP) is 0.478. The maximum atomic E-state index is 3.28. The molecule has 0 saturated heterocycles. The average molecular weight is 199 g/mol. The van der Waals surface area contributed by atoms with E-state index < -0.39 is 0 Å². The molecule has 0 bridgehead atoms. The predicted molar refractivity (Wildman–Crippen MR) is 61.6 cm³/mol. The third-order valence-corrected chi connectivity index (χ3v) is 3.31. The Bertz CT molecular complexity index is 159. The summed E-state index contributed by atoms with van der Waals surface area (Å²) in [5, 5.41) is 3.28. The molecule has 0 radical (unpaired) electrons. The molecule has 3 heteroatoms. The molecule has 0 heterocycles. The molecule has 2 unspecified atom stereocenters. The number of likely N-dealkylation sites (N-methyl/N-ethyl adjacent to an activating group) is 2. The normalized spacial score (nSPS) is 27.0. The van der Waals surface area contributed by atoms with Gasteiger partial charge in [0.25, 0.3) is 0 Å². The molecule has 2 atom stereocenters. The third-order valence-electron chi connectivity index (χ3n) is 3.31. The fourth-order valence-corrected chi connectivity index (χ4v) is 2.16. The first-order valence-electron chi connectivity index (χ1n) is 5.64. The molecule has 0 aromatic rings. The van der Waals surface area contributed by atoms with Crippen LogP contribution in [0.4, 0.5) is 0 Å². The quantitative estimate of drug-likeness (QED) is 0.671. The summed E-state index contributed by atoms with van der Waals surface area (Å²) in [5.41, 5.74) is 0. The van der Waals surface area contributed by atoms with E-state index in [2.05, 4.69) is 43.3 Å². The van der Waals surface area contributed by atoms with E-state index in [4.69, 9.17) is 0 Å². The summed E-state index contributed by atoms with van der Waals surface area (Å²) in [4.78, 5) is 4.77. The number of nitrogens with zero attached hydrogens (tertiary/aromatic N) is 2. The largest absolute Gasteiger partial charge is 0.319 e. The monoisotopic (exact) mass is 199 g/mol. The van der Waals surface area contributed by atoms with Gasteiger partial charge in [0.2, 0.25) is 0 Å². The maximum absolute atomic E-state index is 3.28. The second-order valence-electron chi connectivity index (χ2n) is 4.75. The van der Waals surface area contributed by atoms with Gasteiger partial charge < -0.3 is 15.1 Å². The minimum absolute atomic E-state index is 0.822. The van der Waals surface area contributed by atoms with Crippen molar-refractivity contribution in [3.63, 3.8) is 0 Å². The zero-order valence-electron chi connectivity index (χ0n) is 10.1. The van der Waals surface area contributed by atoms with Gasteiger partial charge in [-0.1, -0.05) is 0 Å². The van der Waals surface area contributed by atoms with E-state index in [-0.39, 0.29) is 0 Å². The first-order valence-corrected chi connectivity index (χ1v) is 5.64. The first kappa shape index (κ1) is 12.0. The van der Waals surface area contributed by atoms with E-state index in [1.807, 2.05) is 0 Å². The Morgan fingerprint density at radius 2 is 1.86 bits per heavy atom. The van der Waals surface area contributed by atoms with E-state index in [1.54, 1.807) is 0 Å². The highest BCUT2D eigenvalue weighted by Gasteiger charge is 2.32. The molecule has 1 aliphatic carbocycles. The van der Waals surface area contributed by atoms with E-state index in [0.29, 0.717) is 0 Å². The number of nitrogens with one attached hydrogen (secondary N) is 1. The van der Waals surface area contributed by atoms with Crippen LogP contribution in [0.3, 0.4) is 0 Å². The van der Waals surface area contributed by atoms with Gasteiger partial charge >= 0.3 is 0 Å². The SMILES string of the molecule is CNCC1CCC1N(C)CCN(C)C. The van der Waals surface area contributed by atoms with Gasteiger partial charge in [-0.15, -0.1) is 0 Å². The van der Waals surface area contributed by atoms with E-state index >= 15 is 0 Å². The summed E-state index contributed by atoms with van der Waals surface area (Å²) >= 11 is 0. The fraction of sp³-hybridized carbons (Fsp3) is 1.00. The summed E-state index contributed by atoms with van der Waals surface area (Å²) in [6, 6.07) is 0.822. The highest BCUT2D eigenvalue weighted by molar-refractivity contribution is 4.88. The van der Waals surface area contributed by atoms with Crippen LogP contribution in [0.1, 0.15) is 12.8 Å². The second-order valence-corrected chi connectivity index (χ2v) is 4.75. The Balaban J connectivity index is 2.20. The Morgan fingerprint density at radius 3 is 2.29 bits per heavy atom. The van der Waals surface area contributed by atoms with E-state index in [0.717, 1.165) is 12.0 Å². The van der Waals surface area contributed by atoms with Crippen LogP contribution in [0.2, 0.25) is 0 Å². The lowest BCUT2D eigenvalue weighted by molar-refractivity contribution is 0.0797. The Kier molecular flexibility index (Phi) is 4.85. The standard InChI is InChI=1S/C11H25N3/c1-12-9-10-5-6-11(10)14(4)8-7-13(2)3/h10-12H,5-9H2,1-4H3. The molecule has 0 aliphatic heterocycles. The average Bonchev–Trinajstić information content (AvgIpc) is 2.09. The highest BCUT2D eigenvalue weighted by atomic mass is 15.2. The molecular formula is C11H25N3. The van der Waals surface area contributed by atoms with Gasteiger partial charge in [0.05, 0.1) is 0 Å². The molecule has 3 nitrogen and oxygen atoms in total. The summed E-state index contributed by atoms with van der Waals surface area (Å²) in [6.45, 7) is 3.54. The molecule has 1 N–H and O–H groups in total. The molecule has 14 heavy (non-hydrogen) atoms. The molecule has 0 amide bonds. The van der Waals surface area contributed by atoms with Crippen molar-refractivity contribution < 1.29 is 0 Å². The molecule has 1 aliphatic rings. The van der Waals surface area contributed by atoms with Crippen molar-refractivity contribution in [2.75, 3.05) is 47.8 Å². The summed E-state index contributed by atoms with van der Waals surface area (Å²) in [6.07, 6.45) is 2.79. The van der Waals surface area contributed by atoms with Crippen LogP contribution < -0.4 is 5.32 Å². The Morgan fingerprint density at radius 1 is 1.14 bits per heavy atom. The van der Waals surface area contributed by atoms with Crippen LogP contribution in [0, 0.1) is 5.92 Å². The zero-order chi connectivity index (χ0) is 10.6. The van der Waals surface area contributed by atoms with Gasteiger partial charge in [-0.3, -0.25) is 0 Å². The van der Waals surface area contributed by atoms with Crippen LogP contribution in [0.15, 0.2) is 0 Å². The van der Waals surface area contributed by atoms with Gasteiger partial charge in [-0.25, -0.2) is 0 Å². The molecule has 1 rings (SSSR count). The summed E-state index contributed by atoms with van der Waals surface area (Å²) < 4.78 is 0. The smallest absolute Gasteiger partial charge is 0.0133 e. The first-order chi connectivity index (χ1) is 6.65. The van der Waals surface area contributed by atoms with Crippen LogP contribution in [-0.2, 0) is 0 Å². The molecule has 1 fully saturated rings. The Hall–Kier alpha value is -0.120. The molecule has 0 aromatic carbocycles. The maximum Gasteiger partial charge on any atom is 0.0133 e. The van der Waals surface area contributed by atoms with E-state index in [9.17, 15) is 0 Å². The van der Waals surface area contributed by atoms with Gasteiger partial charge in [-0.2, -0.15) is 0 Å². The van der Waals surface area contributed by atoms with Gasteiger partial charge in [0.1, 0.15) is 0 Å². The summed E-state index contributed by atoms with van der Waals surface area (Å²) in [5.74, 6) is 0.882. The van der Waals surface area contributed by atoms with Gasteiger partial charge in [-0.05, 0) is 53.5 Å². The number of hydrogen-bond acceptors (Lipinski definition) is 3. The van der Waals surface area contributed by atoms with Crippen LogP contribution in [0.5, 0.6) is 0 Å². The van der Waals surface area contributed by atoms with Gasteiger partial charge in [0.15, 0.2) is 0 Å². The molecule has 1 saturated carbocycles. The van der Waals surface area contributed by atoms with Gasteiger partial charge in [0, 0.05) is 19.1 Å². The zero-order valence-corrected chi connectivity index (χ0v) is 10.1. The lowest BCUT2D eigenvalue weighted by atomic mass is 9.78. The van der Waals surface area contributed by atoms with Crippen molar-refractivity contribution in [1.82, 2.24) is 15.1 Å². The highest BCUT2D eigenvalue weighted by Crippen LogP contribution is 2.30. The molecule has 0 aromatic heterocycles. The minimum Gasteiger partial charge on any atom is -0.319 e. The van der Waals surface area contributed by atoms with Crippen molar-refractivity contribution in [2.45, 2.75) is 18.9 Å². The summed E-state index contributed by atoms with van der Waals surface area (Å²) in [7, 11) is 8.59. The lowest BCUT2D eigenvalue weighted by Crippen LogP contribution is -2.50. The number of hydrogen-bond donors (Lipinski definition) is 1. The van der Waals surface area contributed by atoms with Crippen molar-refractivity contribution in [3.8, 4) is 0 Å². The molecule has 84 valence electrons. The molecule has 0 spiro atoms.